The van der Waals surface area contributed by atoms with Crippen molar-refractivity contribution in [2.75, 3.05) is 0 Å². The average molecular weight is 278 g/mol. The molecule has 0 aliphatic heterocycles. The molecule has 3 rings (SSSR count). The van der Waals surface area contributed by atoms with Crippen molar-refractivity contribution >= 4 is 5.97 Å². The van der Waals surface area contributed by atoms with Crippen molar-refractivity contribution in [3.8, 4) is 0 Å². The molecule has 0 atom stereocenters. The maximum absolute atomic E-state index is 11.8. The number of carbonyl (C=O) groups is 1. The van der Waals surface area contributed by atoms with E-state index in [0.717, 1.165) is 37.9 Å². The molecule has 6 heteroatoms. The van der Waals surface area contributed by atoms with E-state index in [1.54, 1.807) is 4.68 Å². The second-order valence-corrected chi connectivity index (χ2v) is 6.67. The van der Waals surface area contributed by atoms with E-state index in [0.29, 0.717) is 18.4 Å². The fourth-order valence-electron chi connectivity index (χ4n) is 3.11. The largest absolute Gasteiger partial charge is 0.481 e. The molecule has 2 aliphatic rings. The number of tetrazole rings is 1. The molecule has 0 unspecified atom stereocenters. The van der Waals surface area contributed by atoms with Crippen molar-refractivity contribution in [3.63, 3.8) is 0 Å². The van der Waals surface area contributed by atoms with Crippen molar-refractivity contribution in [2.24, 2.45) is 17.3 Å². The highest BCUT2D eigenvalue weighted by Crippen LogP contribution is 2.41. The Hall–Kier alpha value is -1.46. The Balaban J connectivity index is 1.76. The summed E-state index contributed by atoms with van der Waals surface area (Å²) in [6.45, 7) is 2.62. The SMILES string of the molecule is CC1CCC(Cn2nnnc2CC2CC2)(C(=O)O)CC1. The number of rotatable bonds is 5. The van der Waals surface area contributed by atoms with Crippen LogP contribution < -0.4 is 0 Å². The molecule has 20 heavy (non-hydrogen) atoms. The first-order chi connectivity index (χ1) is 9.59. The maximum Gasteiger partial charge on any atom is 0.311 e. The minimum Gasteiger partial charge on any atom is -0.481 e. The van der Waals surface area contributed by atoms with Crippen molar-refractivity contribution in [1.29, 1.82) is 0 Å². The van der Waals surface area contributed by atoms with Crippen LogP contribution in [0.25, 0.3) is 0 Å². The summed E-state index contributed by atoms with van der Waals surface area (Å²) in [6.07, 6.45) is 6.79. The first-order valence-electron chi connectivity index (χ1n) is 7.57. The molecule has 0 spiro atoms. The van der Waals surface area contributed by atoms with E-state index in [4.69, 9.17) is 0 Å². The first-order valence-corrected chi connectivity index (χ1v) is 7.57. The average Bonchev–Trinajstić information content (AvgIpc) is 3.13. The summed E-state index contributed by atoms with van der Waals surface area (Å²) < 4.78 is 1.74. The Labute approximate surface area is 118 Å². The lowest BCUT2D eigenvalue weighted by atomic mass is 9.71. The van der Waals surface area contributed by atoms with Gasteiger partial charge in [-0.3, -0.25) is 4.79 Å². The second kappa shape index (κ2) is 5.14. The molecule has 1 aromatic heterocycles. The lowest BCUT2D eigenvalue weighted by Crippen LogP contribution is -2.39. The van der Waals surface area contributed by atoms with Crippen LogP contribution in [-0.4, -0.2) is 31.3 Å². The Kier molecular flexibility index (Phi) is 3.48. The highest BCUT2D eigenvalue weighted by molar-refractivity contribution is 5.74. The van der Waals surface area contributed by atoms with Gasteiger partial charge in [0.2, 0.25) is 0 Å². The Morgan fingerprint density at radius 1 is 1.35 bits per heavy atom. The standard InChI is InChI=1S/C14H22N4O2/c1-10-4-6-14(7-5-10,13(19)20)9-18-12(15-16-17-18)8-11-2-3-11/h10-11H,2-9H2,1H3,(H,19,20). The van der Waals surface area contributed by atoms with Gasteiger partial charge in [0.15, 0.2) is 5.82 Å². The van der Waals surface area contributed by atoms with Crippen molar-refractivity contribution < 1.29 is 9.90 Å². The third-order valence-corrected chi connectivity index (χ3v) is 4.91. The van der Waals surface area contributed by atoms with E-state index in [9.17, 15) is 9.90 Å². The highest BCUT2D eigenvalue weighted by atomic mass is 16.4. The number of aliphatic carboxylic acids is 1. The van der Waals surface area contributed by atoms with Crippen LogP contribution in [0.15, 0.2) is 0 Å². The van der Waals surface area contributed by atoms with Gasteiger partial charge in [-0.2, -0.15) is 0 Å². The molecule has 0 aromatic carbocycles. The van der Waals surface area contributed by atoms with Crippen LogP contribution in [0.4, 0.5) is 0 Å². The predicted molar refractivity (Wildman–Crippen MR) is 71.9 cm³/mol. The van der Waals surface area contributed by atoms with Crippen LogP contribution in [0.3, 0.4) is 0 Å². The van der Waals surface area contributed by atoms with E-state index in [1.807, 2.05) is 0 Å². The quantitative estimate of drug-likeness (QED) is 0.889. The third kappa shape index (κ3) is 2.69. The third-order valence-electron chi connectivity index (χ3n) is 4.91. The number of carboxylic acids is 1. The Morgan fingerprint density at radius 3 is 2.65 bits per heavy atom. The fraction of sp³-hybridized carbons (Fsp3) is 0.857. The molecule has 2 fully saturated rings. The Morgan fingerprint density at radius 2 is 2.05 bits per heavy atom. The molecule has 6 nitrogen and oxygen atoms in total. The molecular weight excluding hydrogens is 256 g/mol. The van der Waals surface area contributed by atoms with Gasteiger partial charge in [0.25, 0.3) is 0 Å². The zero-order valence-electron chi connectivity index (χ0n) is 12.0. The van der Waals surface area contributed by atoms with E-state index < -0.39 is 11.4 Å². The van der Waals surface area contributed by atoms with E-state index in [1.165, 1.54) is 12.8 Å². The molecule has 1 aromatic rings. The first kappa shape index (κ1) is 13.5. The summed E-state index contributed by atoms with van der Waals surface area (Å²) in [6, 6.07) is 0. The van der Waals surface area contributed by atoms with Gasteiger partial charge in [-0.25, -0.2) is 4.68 Å². The molecule has 0 saturated heterocycles. The van der Waals surface area contributed by atoms with Crippen LogP contribution in [0.2, 0.25) is 0 Å². The van der Waals surface area contributed by atoms with Crippen molar-refractivity contribution in [2.45, 2.75) is 58.4 Å². The zero-order valence-corrected chi connectivity index (χ0v) is 12.0. The van der Waals surface area contributed by atoms with Gasteiger partial charge >= 0.3 is 5.97 Å². The minimum atomic E-state index is -0.697. The molecule has 1 N–H and O–H groups in total. The normalized spacial score (nSPS) is 30.4. The lowest BCUT2D eigenvalue weighted by molar-refractivity contribution is -0.153. The predicted octanol–water partition coefficient (Wildman–Crippen LogP) is 1.91. The van der Waals surface area contributed by atoms with Gasteiger partial charge in [0.1, 0.15) is 0 Å². The molecule has 110 valence electrons. The summed E-state index contributed by atoms with van der Waals surface area (Å²) in [5.41, 5.74) is -0.680. The van der Waals surface area contributed by atoms with Gasteiger partial charge in [-0.15, -0.1) is 5.10 Å². The molecule has 0 radical (unpaired) electrons. The molecule has 2 saturated carbocycles. The van der Waals surface area contributed by atoms with Gasteiger partial charge < -0.3 is 5.11 Å². The summed E-state index contributed by atoms with van der Waals surface area (Å²) in [4.78, 5) is 11.8. The van der Waals surface area contributed by atoms with E-state index >= 15 is 0 Å². The second-order valence-electron chi connectivity index (χ2n) is 6.67. The van der Waals surface area contributed by atoms with Crippen molar-refractivity contribution in [1.82, 2.24) is 20.2 Å². The lowest BCUT2D eigenvalue weighted by Gasteiger charge is -2.35. The molecule has 1 heterocycles. The summed E-state index contributed by atoms with van der Waals surface area (Å²) in [5, 5.41) is 21.5. The van der Waals surface area contributed by atoms with Crippen molar-refractivity contribution in [3.05, 3.63) is 5.82 Å². The molecular formula is C14H22N4O2. The minimum absolute atomic E-state index is 0.421. The number of hydrogen-bond acceptors (Lipinski definition) is 4. The molecule has 0 bridgehead atoms. The van der Waals surface area contributed by atoms with Crippen LogP contribution in [-0.2, 0) is 17.8 Å². The van der Waals surface area contributed by atoms with Crippen LogP contribution in [0, 0.1) is 17.3 Å². The summed E-state index contributed by atoms with van der Waals surface area (Å²) in [7, 11) is 0. The van der Waals surface area contributed by atoms with Crippen LogP contribution in [0.5, 0.6) is 0 Å². The van der Waals surface area contributed by atoms with E-state index in [-0.39, 0.29) is 0 Å². The van der Waals surface area contributed by atoms with Gasteiger partial charge in [0, 0.05) is 6.42 Å². The summed E-state index contributed by atoms with van der Waals surface area (Å²) in [5.74, 6) is 1.48. The fourth-order valence-corrected chi connectivity index (χ4v) is 3.11. The van der Waals surface area contributed by atoms with Gasteiger partial charge in [-0.05, 0) is 60.8 Å². The number of hydrogen-bond donors (Lipinski definition) is 1. The highest BCUT2D eigenvalue weighted by Gasteiger charge is 2.42. The zero-order chi connectivity index (χ0) is 14.2. The van der Waals surface area contributed by atoms with Gasteiger partial charge in [0.05, 0.1) is 12.0 Å². The van der Waals surface area contributed by atoms with Gasteiger partial charge in [-0.1, -0.05) is 6.92 Å². The number of nitrogens with zero attached hydrogens (tertiary/aromatic N) is 4. The van der Waals surface area contributed by atoms with Crippen LogP contribution in [0.1, 0.15) is 51.3 Å². The molecule has 0 amide bonds. The number of aromatic nitrogens is 4. The Bertz CT molecular complexity index is 487. The smallest absolute Gasteiger partial charge is 0.311 e. The van der Waals surface area contributed by atoms with Crippen LogP contribution >= 0.6 is 0 Å². The maximum atomic E-state index is 11.8. The molecule has 2 aliphatic carbocycles. The monoisotopic (exact) mass is 278 g/mol. The van der Waals surface area contributed by atoms with E-state index in [2.05, 4.69) is 22.4 Å². The topological polar surface area (TPSA) is 80.9 Å². The number of carboxylic acid groups (broad SMARTS) is 1. The summed E-state index contributed by atoms with van der Waals surface area (Å²) >= 11 is 0.